The summed E-state index contributed by atoms with van der Waals surface area (Å²) < 4.78 is 63.6. The Morgan fingerprint density at radius 3 is 2.44 bits per heavy atom. The minimum atomic E-state index is -4.64. The molecule has 6 nitrogen and oxygen atoms in total. The van der Waals surface area contributed by atoms with Crippen molar-refractivity contribution in [3.63, 3.8) is 0 Å². The van der Waals surface area contributed by atoms with E-state index in [1.807, 2.05) is 6.92 Å². The third-order valence-electron chi connectivity index (χ3n) is 3.81. The summed E-state index contributed by atoms with van der Waals surface area (Å²) >= 11 is 0. The molecule has 1 aliphatic heterocycles. The number of aliphatic imine (C=N–C) groups is 1. The molecule has 0 radical (unpaired) electrons. The van der Waals surface area contributed by atoms with Crippen LogP contribution in [0.25, 0.3) is 5.69 Å². The highest BCUT2D eigenvalue weighted by Crippen LogP contribution is 2.30. The fourth-order valence-corrected chi connectivity index (χ4v) is 3.03. The summed E-state index contributed by atoms with van der Waals surface area (Å²) in [6.45, 7) is 1.84. The van der Waals surface area contributed by atoms with Crippen LogP contribution in [0.4, 0.5) is 13.2 Å². The first-order chi connectivity index (χ1) is 12.6. The third-order valence-corrected chi connectivity index (χ3v) is 4.74. The number of primary sulfonamides is 1. The quantitative estimate of drug-likeness (QED) is 0.864. The standard InChI is InChI=1S/C17H15F3N4O2S/c1-11-3-2-8-22-14(9-11)16-23-15(17(18,19)20)10-24(16)12-4-6-13(7-5-12)27(21,25)26/h2,4-10H,3H2,1H3,(H2,21,25,26). The Hall–Kier alpha value is -2.72. The Labute approximate surface area is 153 Å². The molecule has 2 heterocycles. The largest absolute Gasteiger partial charge is 0.434 e. The fourth-order valence-electron chi connectivity index (χ4n) is 2.51. The smallest absolute Gasteiger partial charge is 0.298 e. The normalized spacial score (nSPS) is 15.3. The molecular weight excluding hydrogens is 381 g/mol. The molecule has 10 heteroatoms. The van der Waals surface area contributed by atoms with E-state index in [9.17, 15) is 21.6 Å². The van der Waals surface area contributed by atoms with Crippen LogP contribution in [0.2, 0.25) is 0 Å². The number of hydrogen-bond donors (Lipinski definition) is 1. The van der Waals surface area contributed by atoms with Gasteiger partial charge in [-0.05, 0) is 43.7 Å². The number of aromatic nitrogens is 2. The Kier molecular flexibility index (Phi) is 4.79. The molecular formula is C17H15F3N4O2S. The zero-order valence-corrected chi connectivity index (χ0v) is 14.9. The third kappa shape index (κ3) is 4.17. The molecule has 0 saturated carbocycles. The average molecular weight is 396 g/mol. The summed E-state index contributed by atoms with van der Waals surface area (Å²) in [5.41, 5.74) is 0.403. The number of rotatable bonds is 3. The number of alkyl halides is 3. The molecule has 0 bridgehead atoms. The lowest BCUT2D eigenvalue weighted by Crippen LogP contribution is -2.12. The van der Waals surface area contributed by atoms with E-state index < -0.39 is 21.9 Å². The Bertz CT molecular complexity index is 1060. The summed E-state index contributed by atoms with van der Waals surface area (Å²) in [6.07, 6.45) is 1.80. The second-order valence-electron chi connectivity index (χ2n) is 5.95. The monoisotopic (exact) mass is 396 g/mol. The molecule has 0 fully saturated rings. The molecule has 27 heavy (non-hydrogen) atoms. The van der Waals surface area contributed by atoms with Gasteiger partial charge in [0.2, 0.25) is 10.0 Å². The summed E-state index contributed by atoms with van der Waals surface area (Å²) in [4.78, 5) is 7.75. The number of halogens is 3. The number of benzene rings is 1. The number of nitrogens with zero attached hydrogens (tertiary/aromatic N) is 3. The van der Waals surface area contributed by atoms with Crippen LogP contribution in [0.15, 0.2) is 64.3 Å². The first-order valence-corrected chi connectivity index (χ1v) is 9.30. The summed E-state index contributed by atoms with van der Waals surface area (Å²) in [5, 5.41) is 5.06. The van der Waals surface area contributed by atoms with Gasteiger partial charge in [0.25, 0.3) is 0 Å². The maximum Gasteiger partial charge on any atom is 0.434 e. The van der Waals surface area contributed by atoms with Gasteiger partial charge in [-0.25, -0.2) is 18.5 Å². The Morgan fingerprint density at radius 1 is 1.19 bits per heavy atom. The van der Waals surface area contributed by atoms with Gasteiger partial charge >= 0.3 is 6.18 Å². The van der Waals surface area contributed by atoms with E-state index in [1.165, 1.54) is 35.0 Å². The Morgan fingerprint density at radius 2 is 1.85 bits per heavy atom. The van der Waals surface area contributed by atoms with Crippen LogP contribution >= 0.6 is 0 Å². The Balaban J connectivity index is 2.17. The first-order valence-electron chi connectivity index (χ1n) is 7.76. The van der Waals surface area contributed by atoms with Gasteiger partial charge in [-0.15, -0.1) is 0 Å². The zero-order chi connectivity index (χ0) is 19.8. The summed E-state index contributed by atoms with van der Waals surface area (Å²) in [6, 6.07) is 5.15. The van der Waals surface area contributed by atoms with Crippen LogP contribution in [0.5, 0.6) is 0 Å². The number of imidazole rings is 1. The van der Waals surface area contributed by atoms with Crippen LogP contribution in [0.1, 0.15) is 24.9 Å². The van der Waals surface area contributed by atoms with E-state index in [4.69, 9.17) is 5.14 Å². The van der Waals surface area contributed by atoms with Crippen molar-refractivity contribution in [1.82, 2.24) is 9.55 Å². The SMILES string of the molecule is CC1=CC(c2nc(C(F)(F)F)cn2-c2ccc(S(N)(=O)=O)cc2)=NC=CC1. The van der Waals surface area contributed by atoms with Crippen LogP contribution in [0, 0.1) is 0 Å². The van der Waals surface area contributed by atoms with E-state index in [0.29, 0.717) is 12.1 Å². The lowest BCUT2D eigenvalue weighted by molar-refractivity contribution is -0.140. The van der Waals surface area contributed by atoms with E-state index in [1.54, 1.807) is 12.2 Å². The van der Waals surface area contributed by atoms with Crippen molar-refractivity contribution in [2.24, 2.45) is 10.1 Å². The second-order valence-corrected chi connectivity index (χ2v) is 7.51. The van der Waals surface area contributed by atoms with Crippen molar-refractivity contribution in [3.8, 4) is 5.69 Å². The van der Waals surface area contributed by atoms with Gasteiger partial charge in [-0.2, -0.15) is 13.2 Å². The van der Waals surface area contributed by atoms with E-state index in [2.05, 4.69) is 9.98 Å². The number of hydrogen-bond acceptors (Lipinski definition) is 4. The molecule has 1 aromatic heterocycles. The van der Waals surface area contributed by atoms with Crippen molar-refractivity contribution in [3.05, 3.63) is 65.9 Å². The van der Waals surface area contributed by atoms with Crippen molar-refractivity contribution >= 4 is 15.7 Å². The van der Waals surface area contributed by atoms with Crippen molar-refractivity contribution in [2.45, 2.75) is 24.4 Å². The number of sulfonamides is 1. The van der Waals surface area contributed by atoms with Crippen LogP contribution in [-0.2, 0) is 16.2 Å². The van der Waals surface area contributed by atoms with Gasteiger partial charge in [0, 0.05) is 18.1 Å². The highest BCUT2D eigenvalue weighted by atomic mass is 32.2. The lowest BCUT2D eigenvalue weighted by atomic mass is 10.1. The van der Waals surface area contributed by atoms with Gasteiger partial charge in [0.05, 0.1) is 4.90 Å². The van der Waals surface area contributed by atoms with Gasteiger partial charge < -0.3 is 0 Å². The highest BCUT2D eigenvalue weighted by molar-refractivity contribution is 7.89. The molecule has 0 aliphatic carbocycles. The average Bonchev–Trinajstić information content (AvgIpc) is 2.92. The molecule has 1 aliphatic rings. The summed E-state index contributed by atoms with van der Waals surface area (Å²) in [5.74, 6) is -0.00317. The van der Waals surface area contributed by atoms with Crippen LogP contribution < -0.4 is 5.14 Å². The van der Waals surface area contributed by atoms with Gasteiger partial charge in [-0.3, -0.25) is 9.56 Å². The molecule has 0 spiro atoms. The second kappa shape index (κ2) is 6.78. The van der Waals surface area contributed by atoms with Crippen LogP contribution in [0.3, 0.4) is 0 Å². The number of allylic oxidation sites excluding steroid dienone is 3. The van der Waals surface area contributed by atoms with E-state index in [0.717, 1.165) is 11.8 Å². The predicted molar refractivity (Wildman–Crippen MR) is 94.0 cm³/mol. The van der Waals surface area contributed by atoms with E-state index >= 15 is 0 Å². The molecule has 3 rings (SSSR count). The van der Waals surface area contributed by atoms with Crippen molar-refractivity contribution in [1.29, 1.82) is 0 Å². The fraction of sp³-hybridized carbons (Fsp3) is 0.176. The maximum absolute atomic E-state index is 13.2. The molecule has 0 atom stereocenters. The topological polar surface area (TPSA) is 90.3 Å². The molecule has 0 saturated heterocycles. The molecule has 1 aromatic carbocycles. The van der Waals surface area contributed by atoms with Gasteiger partial charge in [-0.1, -0.05) is 11.6 Å². The highest BCUT2D eigenvalue weighted by Gasteiger charge is 2.35. The molecule has 142 valence electrons. The van der Waals surface area contributed by atoms with E-state index in [-0.39, 0.29) is 16.4 Å². The maximum atomic E-state index is 13.2. The van der Waals surface area contributed by atoms with Gasteiger partial charge in [0.1, 0.15) is 5.71 Å². The van der Waals surface area contributed by atoms with Gasteiger partial charge in [0.15, 0.2) is 11.5 Å². The summed E-state index contributed by atoms with van der Waals surface area (Å²) in [7, 11) is -3.91. The van der Waals surface area contributed by atoms with Crippen molar-refractivity contribution < 1.29 is 21.6 Å². The van der Waals surface area contributed by atoms with Crippen molar-refractivity contribution in [2.75, 3.05) is 0 Å². The number of nitrogens with two attached hydrogens (primary N) is 1. The lowest BCUT2D eigenvalue weighted by Gasteiger charge is -2.08. The minimum absolute atomic E-state index is 0.00317. The zero-order valence-electron chi connectivity index (χ0n) is 14.1. The predicted octanol–water partition coefficient (Wildman–Crippen LogP) is 3.19. The molecule has 0 unspecified atom stereocenters. The first kappa shape index (κ1) is 19.1. The molecule has 0 amide bonds. The van der Waals surface area contributed by atoms with Crippen LogP contribution in [-0.4, -0.2) is 23.7 Å². The molecule has 2 N–H and O–H groups in total. The molecule has 2 aromatic rings. The minimum Gasteiger partial charge on any atom is -0.298 e.